The summed E-state index contributed by atoms with van der Waals surface area (Å²) in [6.07, 6.45) is 3.15. The first-order valence-electron chi connectivity index (χ1n) is 5.09. The fourth-order valence-electron chi connectivity index (χ4n) is 2.00. The van der Waals surface area contributed by atoms with Gasteiger partial charge in [0.25, 0.3) is 0 Å². The lowest BCUT2D eigenvalue weighted by Gasteiger charge is -2.12. The third-order valence-electron chi connectivity index (χ3n) is 2.76. The number of hydrogen-bond acceptors (Lipinski definition) is 2. The molecule has 0 aliphatic heterocycles. The third-order valence-corrected chi connectivity index (χ3v) is 2.76. The summed E-state index contributed by atoms with van der Waals surface area (Å²) in [6, 6.07) is 13.0. The molecular weight excluding hydrogens is 172 g/mol. The van der Waals surface area contributed by atoms with Crippen molar-refractivity contribution >= 4 is 5.69 Å². The summed E-state index contributed by atoms with van der Waals surface area (Å²) in [4.78, 5) is 0. The van der Waals surface area contributed by atoms with Crippen LogP contribution in [0.1, 0.15) is 19.3 Å². The minimum absolute atomic E-state index is 0.260. The maximum atomic E-state index is 8.77. The molecule has 1 aliphatic carbocycles. The molecule has 1 aromatic carbocycles. The van der Waals surface area contributed by atoms with Crippen molar-refractivity contribution in [2.24, 2.45) is 5.92 Å². The maximum absolute atomic E-state index is 8.77. The highest BCUT2D eigenvalue weighted by Crippen LogP contribution is 2.27. The Balaban J connectivity index is 1.91. The Morgan fingerprint density at radius 3 is 2.64 bits per heavy atom. The van der Waals surface area contributed by atoms with Gasteiger partial charge in [-0.1, -0.05) is 18.2 Å². The summed E-state index contributed by atoms with van der Waals surface area (Å²) in [6.45, 7) is 0. The first-order chi connectivity index (χ1) is 6.88. The summed E-state index contributed by atoms with van der Waals surface area (Å²) >= 11 is 0. The van der Waals surface area contributed by atoms with Crippen LogP contribution in [0.3, 0.4) is 0 Å². The van der Waals surface area contributed by atoms with Crippen LogP contribution >= 0.6 is 0 Å². The quantitative estimate of drug-likeness (QED) is 0.770. The van der Waals surface area contributed by atoms with Crippen LogP contribution in [0, 0.1) is 17.2 Å². The van der Waals surface area contributed by atoms with Gasteiger partial charge in [0, 0.05) is 17.6 Å². The molecule has 2 heteroatoms. The van der Waals surface area contributed by atoms with Crippen molar-refractivity contribution in [3.05, 3.63) is 30.3 Å². The molecule has 2 rings (SSSR count). The summed E-state index contributed by atoms with van der Waals surface area (Å²) in [5.41, 5.74) is 1.16. The van der Waals surface area contributed by atoms with E-state index in [1.165, 1.54) is 0 Å². The van der Waals surface area contributed by atoms with Crippen molar-refractivity contribution in [1.29, 1.82) is 5.26 Å². The fourth-order valence-corrected chi connectivity index (χ4v) is 2.00. The van der Waals surface area contributed by atoms with E-state index in [-0.39, 0.29) is 5.92 Å². The smallest absolute Gasteiger partial charge is 0.0656 e. The van der Waals surface area contributed by atoms with Gasteiger partial charge < -0.3 is 5.32 Å². The van der Waals surface area contributed by atoms with Gasteiger partial charge in [0.05, 0.1) is 6.07 Å². The molecule has 2 atom stereocenters. The monoisotopic (exact) mass is 186 g/mol. The molecule has 0 amide bonds. The van der Waals surface area contributed by atoms with Crippen LogP contribution < -0.4 is 5.32 Å². The van der Waals surface area contributed by atoms with Crippen molar-refractivity contribution in [2.45, 2.75) is 25.3 Å². The molecule has 1 aromatic rings. The number of nitrogens with one attached hydrogen (secondary N) is 1. The van der Waals surface area contributed by atoms with E-state index >= 15 is 0 Å². The zero-order valence-corrected chi connectivity index (χ0v) is 8.11. The van der Waals surface area contributed by atoms with Gasteiger partial charge in [-0.25, -0.2) is 0 Å². The number of nitriles is 1. The van der Waals surface area contributed by atoms with Crippen molar-refractivity contribution in [3.63, 3.8) is 0 Å². The van der Waals surface area contributed by atoms with Crippen LogP contribution in [0.25, 0.3) is 0 Å². The second-order valence-corrected chi connectivity index (χ2v) is 3.85. The van der Waals surface area contributed by atoms with E-state index in [0.717, 1.165) is 24.9 Å². The van der Waals surface area contributed by atoms with Crippen molar-refractivity contribution < 1.29 is 0 Å². The minimum atomic E-state index is 0.260. The van der Waals surface area contributed by atoms with E-state index in [2.05, 4.69) is 23.5 Å². The van der Waals surface area contributed by atoms with Crippen LogP contribution in [0.15, 0.2) is 30.3 Å². The van der Waals surface area contributed by atoms with Gasteiger partial charge >= 0.3 is 0 Å². The van der Waals surface area contributed by atoms with E-state index in [4.69, 9.17) is 5.26 Å². The Hall–Kier alpha value is -1.49. The van der Waals surface area contributed by atoms with Crippen LogP contribution in [-0.2, 0) is 0 Å². The molecule has 0 radical (unpaired) electrons. The standard InChI is InChI=1S/C12H14N2/c13-9-10-6-7-12(8-10)14-11-4-2-1-3-5-11/h1-5,10,12,14H,6-8H2. The minimum Gasteiger partial charge on any atom is -0.382 e. The predicted molar refractivity (Wildman–Crippen MR) is 56.8 cm³/mol. The van der Waals surface area contributed by atoms with Crippen molar-refractivity contribution in [1.82, 2.24) is 0 Å². The third kappa shape index (κ3) is 2.05. The molecule has 1 aliphatic rings. The number of hydrogen-bond donors (Lipinski definition) is 1. The number of benzene rings is 1. The summed E-state index contributed by atoms with van der Waals surface area (Å²) in [5.74, 6) is 0.260. The van der Waals surface area contributed by atoms with Gasteiger partial charge in [-0.3, -0.25) is 0 Å². The predicted octanol–water partition coefficient (Wildman–Crippen LogP) is 2.79. The van der Waals surface area contributed by atoms with Gasteiger partial charge in [-0.15, -0.1) is 0 Å². The summed E-state index contributed by atoms with van der Waals surface area (Å²) < 4.78 is 0. The lowest BCUT2D eigenvalue weighted by atomic mass is 10.1. The molecule has 2 nitrogen and oxygen atoms in total. The Bertz CT molecular complexity index is 326. The molecule has 14 heavy (non-hydrogen) atoms. The zero-order valence-electron chi connectivity index (χ0n) is 8.11. The van der Waals surface area contributed by atoms with Crippen molar-refractivity contribution in [3.8, 4) is 6.07 Å². The second kappa shape index (κ2) is 4.15. The maximum Gasteiger partial charge on any atom is 0.0656 e. The topological polar surface area (TPSA) is 35.8 Å². The highest BCUT2D eigenvalue weighted by molar-refractivity contribution is 5.43. The number of para-hydroxylation sites is 1. The van der Waals surface area contributed by atoms with Crippen LogP contribution in [0.2, 0.25) is 0 Å². The van der Waals surface area contributed by atoms with Gasteiger partial charge in [0.15, 0.2) is 0 Å². The average molecular weight is 186 g/mol. The molecule has 0 bridgehead atoms. The molecule has 72 valence electrons. The zero-order chi connectivity index (χ0) is 9.80. The fraction of sp³-hybridized carbons (Fsp3) is 0.417. The van der Waals surface area contributed by atoms with Crippen LogP contribution in [-0.4, -0.2) is 6.04 Å². The van der Waals surface area contributed by atoms with E-state index in [0.29, 0.717) is 6.04 Å². The van der Waals surface area contributed by atoms with Gasteiger partial charge in [0.2, 0.25) is 0 Å². The Morgan fingerprint density at radius 1 is 1.21 bits per heavy atom. The van der Waals surface area contributed by atoms with E-state index in [9.17, 15) is 0 Å². The largest absolute Gasteiger partial charge is 0.382 e. The SMILES string of the molecule is N#CC1CCC(Nc2ccccc2)C1. The molecule has 0 spiro atoms. The lowest BCUT2D eigenvalue weighted by Crippen LogP contribution is -2.15. The van der Waals surface area contributed by atoms with E-state index in [1.807, 2.05) is 18.2 Å². The first kappa shape index (κ1) is 9.08. The van der Waals surface area contributed by atoms with Gasteiger partial charge in [0.1, 0.15) is 0 Å². The van der Waals surface area contributed by atoms with Gasteiger partial charge in [-0.05, 0) is 31.4 Å². The molecule has 0 heterocycles. The highest BCUT2D eigenvalue weighted by atomic mass is 14.9. The van der Waals surface area contributed by atoms with Crippen molar-refractivity contribution in [2.75, 3.05) is 5.32 Å². The molecule has 2 unspecified atom stereocenters. The Kier molecular flexibility index (Phi) is 2.69. The summed E-state index contributed by atoms with van der Waals surface area (Å²) in [5, 5.41) is 12.2. The molecule has 0 saturated heterocycles. The molecular formula is C12H14N2. The first-order valence-corrected chi connectivity index (χ1v) is 5.09. The highest BCUT2D eigenvalue weighted by Gasteiger charge is 2.23. The molecule has 1 fully saturated rings. The normalized spacial score (nSPS) is 25.6. The molecule has 1 saturated carbocycles. The van der Waals surface area contributed by atoms with E-state index < -0.39 is 0 Å². The van der Waals surface area contributed by atoms with Crippen LogP contribution in [0.5, 0.6) is 0 Å². The number of rotatable bonds is 2. The average Bonchev–Trinajstić information content (AvgIpc) is 2.67. The number of nitrogens with zero attached hydrogens (tertiary/aromatic N) is 1. The Morgan fingerprint density at radius 2 is 2.00 bits per heavy atom. The summed E-state index contributed by atoms with van der Waals surface area (Å²) in [7, 11) is 0. The second-order valence-electron chi connectivity index (χ2n) is 3.85. The van der Waals surface area contributed by atoms with Gasteiger partial charge in [-0.2, -0.15) is 5.26 Å². The molecule has 0 aromatic heterocycles. The van der Waals surface area contributed by atoms with Crippen LogP contribution in [0.4, 0.5) is 5.69 Å². The lowest BCUT2D eigenvalue weighted by molar-refractivity contribution is 0.684. The van der Waals surface area contributed by atoms with E-state index in [1.54, 1.807) is 0 Å². The number of anilines is 1. The Labute approximate surface area is 84.6 Å². The molecule has 1 N–H and O–H groups in total.